The molecular weight excluding hydrogens is 166 g/mol. The van der Waals surface area contributed by atoms with Crippen molar-refractivity contribution in [3.05, 3.63) is 23.5 Å². The Bertz CT molecular complexity index is 328. The van der Waals surface area contributed by atoms with Crippen LogP contribution in [0.2, 0.25) is 0 Å². The molecule has 0 saturated heterocycles. The van der Waals surface area contributed by atoms with Crippen LogP contribution in [-0.2, 0) is 24.2 Å². The van der Waals surface area contributed by atoms with Crippen LogP contribution in [0.5, 0.6) is 0 Å². The molecule has 2 rings (SSSR count). The van der Waals surface area contributed by atoms with Crippen molar-refractivity contribution in [2.24, 2.45) is 0 Å². The molecule has 70 valence electrons. The molecule has 1 aliphatic heterocycles. The molecule has 1 aromatic heterocycles. The van der Waals surface area contributed by atoms with Crippen molar-refractivity contribution >= 4 is 5.97 Å². The second-order valence-corrected chi connectivity index (χ2v) is 3.46. The highest BCUT2D eigenvalue weighted by Crippen LogP contribution is 2.19. The van der Waals surface area contributed by atoms with Crippen molar-refractivity contribution in [3.63, 3.8) is 0 Å². The van der Waals surface area contributed by atoms with Gasteiger partial charge in [0.1, 0.15) is 0 Å². The molecule has 0 atom stereocenters. The largest absolute Gasteiger partial charge is 0.481 e. The monoisotopic (exact) mass is 179 g/mol. The van der Waals surface area contributed by atoms with Crippen LogP contribution in [0.25, 0.3) is 0 Å². The number of hydrogen-bond donors (Lipinski definition) is 1. The molecule has 1 N–H and O–H groups in total. The van der Waals surface area contributed by atoms with E-state index in [1.807, 2.05) is 0 Å². The first-order valence-electron chi connectivity index (χ1n) is 4.66. The number of rotatable bonds is 3. The Balaban J connectivity index is 2.08. The van der Waals surface area contributed by atoms with Gasteiger partial charge in [0, 0.05) is 17.9 Å². The summed E-state index contributed by atoms with van der Waals surface area (Å²) in [5, 5.41) is 8.55. The Morgan fingerprint density at radius 1 is 1.54 bits per heavy atom. The summed E-state index contributed by atoms with van der Waals surface area (Å²) < 4.78 is 2.25. The van der Waals surface area contributed by atoms with Gasteiger partial charge in [-0.25, -0.2) is 0 Å². The lowest BCUT2D eigenvalue weighted by Crippen LogP contribution is -2.03. The standard InChI is InChI=1S/C10H13NO2/c12-10(13)6-5-9-4-3-8-2-1-7-11(8)9/h3-4H,1-2,5-7H2,(H,12,13). The van der Waals surface area contributed by atoms with Crippen molar-refractivity contribution in [1.29, 1.82) is 0 Å². The molecule has 3 nitrogen and oxygen atoms in total. The Morgan fingerprint density at radius 3 is 3.15 bits per heavy atom. The van der Waals surface area contributed by atoms with E-state index >= 15 is 0 Å². The van der Waals surface area contributed by atoms with E-state index < -0.39 is 5.97 Å². The molecule has 1 aliphatic rings. The third-order valence-electron chi connectivity index (χ3n) is 2.57. The number of aromatic nitrogens is 1. The molecule has 1 aromatic rings. The molecule has 0 fully saturated rings. The number of aryl methyl sites for hydroxylation is 2. The first kappa shape index (κ1) is 8.35. The summed E-state index contributed by atoms with van der Waals surface area (Å²) in [6, 6.07) is 4.17. The van der Waals surface area contributed by atoms with Gasteiger partial charge in [0.15, 0.2) is 0 Å². The summed E-state index contributed by atoms with van der Waals surface area (Å²) in [5.41, 5.74) is 2.54. The number of carboxylic acid groups (broad SMARTS) is 1. The van der Waals surface area contributed by atoms with Gasteiger partial charge in [0.2, 0.25) is 0 Å². The van der Waals surface area contributed by atoms with Crippen molar-refractivity contribution in [3.8, 4) is 0 Å². The SMILES string of the molecule is O=C(O)CCc1ccc2n1CCC2. The summed E-state index contributed by atoms with van der Waals surface area (Å²) in [6.07, 6.45) is 3.25. The fourth-order valence-electron chi connectivity index (χ4n) is 1.93. The average Bonchev–Trinajstić information content (AvgIpc) is 2.60. The van der Waals surface area contributed by atoms with Crippen LogP contribution in [0, 0.1) is 0 Å². The molecule has 0 aromatic carbocycles. The zero-order chi connectivity index (χ0) is 9.26. The molecule has 0 bridgehead atoms. The summed E-state index contributed by atoms with van der Waals surface area (Å²) in [5.74, 6) is -0.714. The summed E-state index contributed by atoms with van der Waals surface area (Å²) in [7, 11) is 0. The first-order chi connectivity index (χ1) is 6.27. The van der Waals surface area contributed by atoms with Crippen LogP contribution >= 0.6 is 0 Å². The quantitative estimate of drug-likeness (QED) is 0.763. The predicted molar refractivity (Wildman–Crippen MR) is 48.7 cm³/mol. The Kier molecular flexibility index (Phi) is 2.08. The number of carbonyl (C=O) groups is 1. The number of aliphatic carboxylic acids is 1. The summed E-state index contributed by atoms with van der Waals surface area (Å²) in [4.78, 5) is 10.4. The van der Waals surface area contributed by atoms with E-state index in [-0.39, 0.29) is 6.42 Å². The highest BCUT2D eigenvalue weighted by molar-refractivity contribution is 5.67. The van der Waals surface area contributed by atoms with Crippen molar-refractivity contribution < 1.29 is 9.90 Å². The lowest BCUT2D eigenvalue weighted by molar-refractivity contribution is -0.136. The fourth-order valence-corrected chi connectivity index (χ4v) is 1.93. The molecule has 0 amide bonds. The van der Waals surface area contributed by atoms with Crippen LogP contribution in [-0.4, -0.2) is 15.6 Å². The van der Waals surface area contributed by atoms with Crippen LogP contribution in [0.3, 0.4) is 0 Å². The first-order valence-corrected chi connectivity index (χ1v) is 4.66. The van der Waals surface area contributed by atoms with Gasteiger partial charge in [-0.15, -0.1) is 0 Å². The maximum absolute atomic E-state index is 10.4. The second kappa shape index (κ2) is 3.24. The minimum Gasteiger partial charge on any atom is -0.481 e. The topological polar surface area (TPSA) is 42.2 Å². The molecule has 3 heteroatoms. The smallest absolute Gasteiger partial charge is 0.303 e. The Labute approximate surface area is 77.0 Å². The van der Waals surface area contributed by atoms with Crippen LogP contribution in [0.1, 0.15) is 24.2 Å². The van der Waals surface area contributed by atoms with E-state index in [4.69, 9.17) is 5.11 Å². The van der Waals surface area contributed by atoms with Crippen molar-refractivity contribution in [1.82, 2.24) is 4.57 Å². The Hall–Kier alpha value is -1.25. The average molecular weight is 179 g/mol. The third-order valence-corrected chi connectivity index (χ3v) is 2.57. The van der Waals surface area contributed by atoms with E-state index in [1.165, 1.54) is 17.8 Å². The highest BCUT2D eigenvalue weighted by Gasteiger charge is 2.13. The van der Waals surface area contributed by atoms with E-state index in [2.05, 4.69) is 16.7 Å². The molecule has 0 spiro atoms. The van der Waals surface area contributed by atoms with Crippen LogP contribution < -0.4 is 0 Å². The van der Waals surface area contributed by atoms with Gasteiger partial charge in [-0.1, -0.05) is 0 Å². The number of nitrogens with zero attached hydrogens (tertiary/aromatic N) is 1. The van der Waals surface area contributed by atoms with Gasteiger partial charge in [-0.2, -0.15) is 0 Å². The molecule has 0 saturated carbocycles. The number of fused-ring (bicyclic) bond motifs is 1. The minimum absolute atomic E-state index is 0.240. The molecule has 0 radical (unpaired) electrons. The molecular formula is C10H13NO2. The fraction of sp³-hybridized carbons (Fsp3) is 0.500. The summed E-state index contributed by atoms with van der Waals surface area (Å²) in [6.45, 7) is 1.07. The van der Waals surface area contributed by atoms with Gasteiger partial charge in [0.05, 0.1) is 6.42 Å². The second-order valence-electron chi connectivity index (χ2n) is 3.46. The maximum Gasteiger partial charge on any atom is 0.303 e. The molecule has 0 unspecified atom stereocenters. The molecule has 0 aliphatic carbocycles. The third kappa shape index (κ3) is 1.59. The minimum atomic E-state index is -0.714. The van der Waals surface area contributed by atoms with Crippen LogP contribution in [0.4, 0.5) is 0 Å². The maximum atomic E-state index is 10.4. The van der Waals surface area contributed by atoms with E-state index in [0.29, 0.717) is 6.42 Å². The van der Waals surface area contributed by atoms with E-state index in [9.17, 15) is 4.79 Å². The van der Waals surface area contributed by atoms with Gasteiger partial charge in [0.25, 0.3) is 0 Å². The van der Waals surface area contributed by atoms with E-state index in [0.717, 1.165) is 13.0 Å². The Morgan fingerprint density at radius 2 is 2.38 bits per heavy atom. The highest BCUT2D eigenvalue weighted by atomic mass is 16.4. The van der Waals surface area contributed by atoms with Crippen LogP contribution in [0.15, 0.2) is 12.1 Å². The van der Waals surface area contributed by atoms with Gasteiger partial charge >= 0.3 is 5.97 Å². The van der Waals surface area contributed by atoms with Gasteiger partial charge in [-0.05, 0) is 31.4 Å². The lowest BCUT2D eigenvalue weighted by Gasteiger charge is -2.03. The predicted octanol–water partition coefficient (Wildman–Crippen LogP) is 1.45. The molecule has 13 heavy (non-hydrogen) atoms. The van der Waals surface area contributed by atoms with Gasteiger partial charge in [-0.3, -0.25) is 4.79 Å². The van der Waals surface area contributed by atoms with E-state index in [1.54, 1.807) is 0 Å². The lowest BCUT2D eigenvalue weighted by atomic mass is 10.2. The number of carboxylic acids is 1. The van der Waals surface area contributed by atoms with Gasteiger partial charge < -0.3 is 9.67 Å². The molecule has 2 heterocycles. The van der Waals surface area contributed by atoms with Crippen molar-refractivity contribution in [2.75, 3.05) is 0 Å². The van der Waals surface area contributed by atoms with Crippen molar-refractivity contribution in [2.45, 2.75) is 32.2 Å². The number of hydrogen-bond acceptors (Lipinski definition) is 1. The zero-order valence-electron chi connectivity index (χ0n) is 7.49. The zero-order valence-corrected chi connectivity index (χ0v) is 7.49. The summed E-state index contributed by atoms with van der Waals surface area (Å²) >= 11 is 0. The normalized spacial score (nSPS) is 14.5.